The van der Waals surface area contributed by atoms with Gasteiger partial charge in [0.2, 0.25) is 0 Å². The fraction of sp³-hybridized carbons (Fsp3) is 0.394. The van der Waals surface area contributed by atoms with Crippen molar-refractivity contribution >= 4 is 23.5 Å². The second-order valence-corrected chi connectivity index (χ2v) is 12.6. The average Bonchev–Trinajstić information content (AvgIpc) is 3.31. The average molecular weight is 546 g/mol. The molecule has 1 aliphatic rings. The molecule has 1 fully saturated rings. The molecule has 0 bridgehead atoms. The summed E-state index contributed by atoms with van der Waals surface area (Å²) >= 11 is 1.66. The lowest BCUT2D eigenvalue weighted by Crippen LogP contribution is -2.43. The first-order valence-corrected chi connectivity index (χ1v) is 14.6. The SMILES string of the molecule is CSc1ccc(C(=O)C2CN(Cc3ccccc3)CC2c2cccc(OC(C)(C)C(=O)OC(C)(C)C)c2)cc1. The number of nitrogens with zero attached hydrogens (tertiary/aromatic N) is 1. The van der Waals surface area contributed by atoms with Crippen molar-refractivity contribution in [1.29, 1.82) is 0 Å². The number of esters is 1. The zero-order valence-corrected chi connectivity index (χ0v) is 24.6. The highest BCUT2D eigenvalue weighted by Gasteiger charge is 2.39. The number of rotatable bonds is 9. The van der Waals surface area contributed by atoms with Gasteiger partial charge in [0, 0.05) is 41.9 Å². The fourth-order valence-electron chi connectivity index (χ4n) is 4.97. The summed E-state index contributed by atoms with van der Waals surface area (Å²) in [5.41, 5.74) is 1.23. The second-order valence-electron chi connectivity index (χ2n) is 11.7. The van der Waals surface area contributed by atoms with Crippen LogP contribution in [-0.4, -0.2) is 47.2 Å². The van der Waals surface area contributed by atoms with Crippen molar-refractivity contribution in [3.05, 3.63) is 95.6 Å². The number of ether oxygens (including phenoxy) is 2. The summed E-state index contributed by atoms with van der Waals surface area (Å²) in [7, 11) is 0. The molecule has 39 heavy (non-hydrogen) atoms. The van der Waals surface area contributed by atoms with Gasteiger partial charge in [0.15, 0.2) is 11.4 Å². The van der Waals surface area contributed by atoms with Crippen LogP contribution in [0.4, 0.5) is 0 Å². The number of carbonyl (C=O) groups excluding carboxylic acids is 2. The number of Topliss-reactive ketones (excluding diaryl/α,β-unsaturated/α-hetero) is 1. The summed E-state index contributed by atoms with van der Waals surface area (Å²) in [4.78, 5) is 30.1. The van der Waals surface area contributed by atoms with E-state index >= 15 is 0 Å². The standard InChI is InChI=1S/C33H39NO4S/c1-32(2,3)38-31(36)33(4,5)37-26-14-10-13-25(19-26)28-21-34(20-23-11-8-7-9-12-23)22-29(28)30(35)24-15-17-27(39-6)18-16-24/h7-19,28-29H,20-22H2,1-6H3. The Balaban J connectivity index is 1.60. The highest BCUT2D eigenvalue weighted by Crippen LogP contribution is 2.37. The van der Waals surface area contributed by atoms with Gasteiger partial charge in [-0.1, -0.05) is 54.6 Å². The number of likely N-dealkylation sites (tertiary alicyclic amines) is 1. The van der Waals surface area contributed by atoms with E-state index in [0.717, 1.165) is 29.1 Å². The number of benzene rings is 3. The van der Waals surface area contributed by atoms with Crippen LogP contribution in [0.3, 0.4) is 0 Å². The molecule has 2 atom stereocenters. The predicted octanol–water partition coefficient (Wildman–Crippen LogP) is 7.01. The number of hydrogen-bond donors (Lipinski definition) is 0. The molecule has 1 saturated heterocycles. The molecule has 0 radical (unpaired) electrons. The lowest BCUT2D eigenvalue weighted by atomic mass is 9.84. The van der Waals surface area contributed by atoms with Crippen LogP contribution in [0, 0.1) is 5.92 Å². The van der Waals surface area contributed by atoms with Crippen molar-refractivity contribution in [2.24, 2.45) is 5.92 Å². The second kappa shape index (κ2) is 12.0. The number of hydrogen-bond acceptors (Lipinski definition) is 6. The van der Waals surface area contributed by atoms with Crippen LogP contribution in [0.5, 0.6) is 5.75 Å². The molecule has 1 heterocycles. The molecule has 2 unspecified atom stereocenters. The Kier molecular flexibility index (Phi) is 8.87. The maximum Gasteiger partial charge on any atom is 0.350 e. The number of thioether (sulfide) groups is 1. The molecule has 0 amide bonds. The largest absolute Gasteiger partial charge is 0.476 e. The van der Waals surface area contributed by atoms with Gasteiger partial charge in [-0.15, -0.1) is 11.8 Å². The summed E-state index contributed by atoms with van der Waals surface area (Å²) in [6.07, 6.45) is 2.03. The van der Waals surface area contributed by atoms with Crippen LogP contribution < -0.4 is 4.74 Å². The van der Waals surface area contributed by atoms with Crippen molar-refractivity contribution in [2.75, 3.05) is 19.3 Å². The van der Waals surface area contributed by atoms with Crippen molar-refractivity contribution in [1.82, 2.24) is 4.90 Å². The van der Waals surface area contributed by atoms with Gasteiger partial charge in [0.25, 0.3) is 0 Å². The van der Waals surface area contributed by atoms with Gasteiger partial charge in [-0.05, 0) is 76.3 Å². The minimum atomic E-state index is -1.16. The van der Waals surface area contributed by atoms with Gasteiger partial charge >= 0.3 is 5.97 Å². The van der Waals surface area contributed by atoms with Gasteiger partial charge in [0.1, 0.15) is 11.4 Å². The Labute approximate surface area is 236 Å². The molecule has 6 heteroatoms. The van der Waals surface area contributed by atoms with E-state index in [1.54, 1.807) is 25.6 Å². The summed E-state index contributed by atoms with van der Waals surface area (Å²) in [6, 6.07) is 26.1. The third-order valence-electron chi connectivity index (χ3n) is 6.91. The molecule has 0 saturated carbocycles. The Bertz CT molecular complexity index is 1280. The molecule has 3 aromatic rings. The van der Waals surface area contributed by atoms with Crippen LogP contribution in [0.15, 0.2) is 83.8 Å². The lowest BCUT2D eigenvalue weighted by Gasteiger charge is -2.29. The molecule has 0 aromatic heterocycles. The summed E-state index contributed by atoms with van der Waals surface area (Å²) in [5, 5.41) is 0. The zero-order valence-electron chi connectivity index (χ0n) is 23.8. The molecule has 3 aromatic carbocycles. The summed E-state index contributed by atoms with van der Waals surface area (Å²) in [5.74, 6) is 0.124. The van der Waals surface area contributed by atoms with Gasteiger partial charge < -0.3 is 9.47 Å². The Morgan fingerprint density at radius 2 is 1.59 bits per heavy atom. The van der Waals surface area contributed by atoms with Crippen LogP contribution >= 0.6 is 11.8 Å². The van der Waals surface area contributed by atoms with E-state index in [0.29, 0.717) is 12.3 Å². The molecule has 206 valence electrons. The first-order chi connectivity index (χ1) is 18.4. The molecule has 5 nitrogen and oxygen atoms in total. The van der Waals surface area contributed by atoms with E-state index in [2.05, 4.69) is 23.1 Å². The van der Waals surface area contributed by atoms with Crippen LogP contribution in [0.1, 0.15) is 62.0 Å². The minimum absolute atomic E-state index is 0.00497. The van der Waals surface area contributed by atoms with Crippen molar-refractivity contribution in [3.63, 3.8) is 0 Å². The molecular weight excluding hydrogens is 506 g/mol. The van der Waals surface area contributed by atoms with Gasteiger partial charge in [0.05, 0.1) is 0 Å². The van der Waals surface area contributed by atoms with Gasteiger partial charge in [-0.25, -0.2) is 4.79 Å². The third-order valence-corrected chi connectivity index (χ3v) is 7.65. The van der Waals surface area contributed by atoms with E-state index in [9.17, 15) is 9.59 Å². The van der Waals surface area contributed by atoms with Crippen LogP contribution in [0.2, 0.25) is 0 Å². The maximum absolute atomic E-state index is 13.8. The fourth-order valence-corrected chi connectivity index (χ4v) is 5.38. The lowest BCUT2D eigenvalue weighted by molar-refractivity contribution is -0.170. The highest BCUT2D eigenvalue weighted by atomic mass is 32.2. The Morgan fingerprint density at radius 1 is 0.897 bits per heavy atom. The molecular formula is C33H39NO4S. The van der Waals surface area contributed by atoms with Gasteiger partial charge in [-0.2, -0.15) is 0 Å². The Hall–Kier alpha value is -3.09. The van der Waals surface area contributed by atoms with E-state index in [-0.39, 0.29) is 17.6 Å². The first kappa shape index (κ1) is 28.9. The van der Waals surface area contributed by atoms with Gasteiger partial charge in [-0.3, -0.25) is 9.69 Å². The molecule has 0 spiro atoms. The maximum atomic E-state index is 13.8. The van der Waals surface area contributed by atoms with E-state index in [1.807, 2.05) is 87.7 Å². The predicted molar refractivity (Wildman–Crippen MR) is 157 cm³/mol. The van der Waals surface area contributed by atoms with E-state index < -0.39 is 17.2 Å². The highest BCUT2D eigenvalue weighted by molar-refractivity contribution is 7.98. The van der Waals surface area contributed by atoms with Crippen molar-refractivity contribution in [2.45, 2.75) is 63.2 Å². The zero-order chi connectivity index (χ0) is 28.2. The Morgan fingerprint density at radius 3 is 2.23 bits per heavy atom. The first-order valence-electron chi connectivity index (χ1n) is 13.4. The van der Waals surface area contributed by atoms with E-state index in [4.69, 9.17) is 9.47 Å². The smallest absolute Gasteiger partial charge is 0.350 e. The minimum Gasteiger partial charge on any atom is -0.476 e. The molecule has 1 aliphatic heterocycles. The van der Waals surface area contributed by atoms with Crippen molar-refractivity contribution < 1.29 is 19.1 Å². The number of ketones is 1. The molecule has 4 rings (SSSR count). The topological polar surface area (TPSA) is 55.8 Å². The quantitative estimate of drug-likeness (QED) is 0.164. The van der Waals surface area contributed by atoms with Crippen molar-refractivity contribution in [3.8, 4) is 5.75 Å². The molecule has 0 N–H and O–H groups in total. The summed E-state index contributed by atoms with van der Waals surface area (Å²) < 4.78 is 11.7. The summed E-state index contributed by atoms with van der Waals surface area (Å²) in [6.45, 7) is 11.2. The van der Waals surface area contributed by atoms with Crippen LogP contribution in [-0.2, 0) is 16.1 Å². The normalized spacial score (nSPS) is 18.1. The van der Waals surface area contributed by atoms with Crippen LogP contribution in [0.25, 0.3) is 0 Å². The monoisotopic (exact) mass is 545 g/mol. The van der Waals surface area contributed by atoms with E-state index in [1.165, 1.54) is 5.56 Å². The third kappa shape index (κ3) is 7.52. The molecule has 0 aliphatic carbocycles. The number of carbonyl (C=O) groups is 2.